The summed E-state index contributed by atoms with van der Waals surface area (Å²) < 4.78 is 6.46. The van der Waals surface area contributed by atoms with Crippen molar-refractivity contribution in [1.29, 1.82) is 0 Å². The van der Waals surface area contributed by atoms with E-state index in [1.165, 1.54) is 4.90 Å². The van der Waals surface area contributed by atoms with Gasteiger partial charge in [-0.15, -0.1) is 0 Å². The van der Waals surface area contributed by atoms with Gasteiger partial charge in [0, 0.05) is 4.47 Å². The molecule has 1 N–H and O–H groups in total. The minimum absolute atomic E-state index is 0.0764. The summed E-state index contributed by atoms with van der Waals surface area (Å²) in [6, 6.07) is 7.48. The Morgan fingerprint density at radius 1 is 1.39 bits per heavy atom. The first-order chi connectivity index (χ1) is 8.65. The molecule has 1 aliphatic heterocycles. The number of piperazine rings is 1. The van der Waals surface area contributed by atoms with E-state index in [-0.39, 0.29) is 24.9 Å². The summed E-state index contributed by atoms with van der Waals surface area (Å²) in [6.07, 6.45) is 0. The monoisotopic (exact) mass is 312 g/mol. The van der Waals surface area contributed by atoms with E-state index in [1.807, 2.05) is 24.3 Å². The van der Waals surface area contributed by atoms with Gasteiger partial charge in [0.2, 0.25) is 11.8 Å². The van der Waals surface area contributed by atoms with Crippen LogP contribution in [0.4, 0.5) is 0 Å². The van der Waals surface area contributed by atoms with Gasteiger partial charge < -0.3 is 15.0 Å². The first kappa shape index (κ1) is 12.9. The number of rotatable bonds is 4. The number of hydrogen-bond donors (Lipinski definition) is 1. The molecule has 0 aliphatic carbocycles. The second-order valence-corrected chi connectivity index (χ2v) is 4.81. The minimum Gasteiger partial charge on any atom is -0.492 e. The number of carbonyl (C=O) groups excluding carboxylic acids is 2. The highest BCUT2D eigenvalue weighted by Crippen LogP contribution is 2.17. The van der Waals surface area contributed by atoms with Crippen LogP contribution in [-0.4, -0.2) is 43.0 Å². The largest absolute Gasteiger partial charge is 0.492 e. The van der Waals surface area contributed by atoms with Gasteiger partial charge in [0.15, 0.2) is 0 Å². The summed E-state index contributed by atoms with van der Waals surface area (Å²) in [4.78, 5) is 24.1. The molecule has 0 unspecified atom stereocenters. The lowest BCUT2D eigenvalue weighted by atomic mass is 10.3. The van der Waals surface area contributed by atoms with E-state index in [1.54, 1.807) is 0 Å². The molecule has 0 atom stereocenters. The zero-order valence-electron chi connectivity index (χ0n) is 9.69. The number of nitrogens with zero attached hydrogens (tertiary/aromatic N) is 1. The predicted molar refractivity (Wildman–Crippen MR) is 69.2 cm³/mol. The molecule has 0 aromatic heterocycles. The van der Waals surface area contributed by atoms with Crippen LogP contribution in [0.3, 0.4) is 0 Å². The molecule has 0 bridgehead atoms. The third-order valence-corrected chi connectivity index (χ3v) is 3.04. The maximum Gasteiger partial charge on any atom is 0.242 e. The highest BCUT2D eigenvalue weighted by Gasteiger charge is 2.22. The zero-order valence-corrected chi connectivity index (χ0v) is 11.3. The number of ether oxygens (including phenoxy) is 1. The van der Waals surface area contributed by atoms with Crippen molar-refractivity contribution in [3.8, 4) is 5.75 Å². The van der Waals surface area contributed by atoms with Crippen LogP contribution in [0.15, 0.2) is 28.7 Å². The minimum atomic E-state index is -0.128. The highest BCUT2D eigenvalue weighted by molar-refractivity contribution is 9.10. The molecule has 0 radical (unpaired) electrons. The average molecular weight is 313 g/mol. The molecule has 5 nitrogen and oxygen atoms in total. The van der Waals surface area contributed by atoms with Gasteiger partial charge in [0.1, 0.15) is 12.4 Å². The lowest BCUT2D eigenvalue weighted by molar-refractivity contribution is -0.140. The molecule has 0 spiro atoms. The molecular weight excluding hydrogens is 300 g/mol. The number of benzene rings is 1. The topological polar surface area (TPSA) is 58.6 Å². The molecule has 2 rings (SSSR count). The average Bonchev–Trinajstić information content (AvgIpc) is 2.34. The van der Waals surface area contributed by atoms with Crippen LogP contribution in [0.2, 0.25) is 0 Å². The van der Waals surface area contributed by atoms with Crippen LogP contribution in [0.1, 0.15) is 0 Å². The van der Waals surface area contributed by atoms with Gasteiger partial charge in [0.05, 0.1) is 19.6 Å². The predicted octanol–water partition coefficient (Wildman–Crippen LogP) is 0.786. The normalized spacial score (nSPS) is 15.5. The smallest absolute Gasteiger partial charge is 0.242 e. The SMILES string of the molecule is O=C1CN(CCOc2cccc(Br)c2)C(=O)CN1. The summed E-state index contributed by atoms with van der Waals surface area (Å²) in [7, 11) is 0. The second-order valence-electron chi connectivity index (χ2n) is 3.90. The first-order valence-electron chi connectivity index (χ1n) is 5.58. The number of nitrogens with one attached hydrogen (secondary N) is 1. The summed E-state index contributed by atoms with van der Waals surface area (Å²) in [6.45, 7) is 0.977. The molecule has 1 heterocycles. The maximum atomic E-state index is 11.5. The fraction of sp³-hybridized carbons (Fsp3) is 0.333. The van der Waals surface area contributed by atoms with Crippen LogP contribution >= 0.6 is 15.9 Å². The van der Waals surface area contributed by atoms with Crippen LogP contribution in [0, 0.1) is 0 Å². The van der Waals surface area contributed by atoms with E-state index in [4.69, 9.17) is 4.74 Å². The van der Waals surface area contributed by atoms with Gasteiger partial charge in [-0.25, -0.2) is 0 Å². The lowest BCUT2D eigenvalue weighted by Crippen LogP contribution is -2.52. The molecule has 1 fully saturated rings. The first-order valence-corrected chi connectivity index (χ1v) is 6.37. The van der Waals surface area contributed by atoms with Crippen LogP contribution in [-0.2, 0) is 9.59 Å². The number of amides is 2. The van der Waals surface area contributed by atoms with Crippen molar-refractivity contribution in [2.45, 2.75) is 0 Å². The van der Waals surface area contributed by atoms with E-state index in [9.17, 15) is 9.59 Å². The third kappa shape index (κ3) is 3.46. The molecule has 2 amide bonds. The molecule has 1 aliphatic rings. The summed E-state index contributed by atoms with van der Waals surface area (Å²) in [5.41, 5.74) is 0. The van der Waals surface area contributed by atoms with Crippen molar-refractivity contribution in [3.05, 3.63) is 28.7 Å². The maximum absolute atomic E-state index is 11.5. The van der Waals surface area contributed by atoms with E-state index >= 15 is 0 Å². The van der Waals surface area contributed by atoms with Crippen LogP contribution in [0.5, 0.6) is 5.75 Å². The number of halogens is 1. The Hall–Kier alpha value is -1.56. The van der Waals surface area contributed by atoms with Crippen molar-refractivity contribution >= 4 is 27.7 Å². The molecule has 96 valence electrons. The Bertz CT molecular complexity index is 464. The lowest BCUT2D eigenvalue weighted by Gasteiger charge is -2.26. The summed E-state index contributed by atoms with van der Waals surface area (Å²) in [5, 5.41) is 2.50. The fourth-order valence-corrected chi connectivity index (χ4v) is 2.02. The van der Waals surface area contributed by atoms with Crippen LogP contribution < -0.4 is 10.1 Å². The van der Waals surface area contributed by atoms with Crippen molar-refractivity contribution in [2.75, 3.05) is 26.2 Å². The summed E-state index contributed by atoms with van der Waals surface area (Å²) >= 11 is 3.35. The molecule has 18 heavy (non-hydrogen) atoms. The van der Waals surface area contributed by atoms with Gasteiger partial charge >= 0.3 is 0 Å². The van der Waals surface area contributed by atoms with Crippen molar-refractivity contribution in [1.82, 2.24) is 10.2 Å². The fourth-order valence-electron chi connectivity index (χ4n) is 1.64. The van der Waals surface area contributed by atoms with E-state index in [2.05, 4.69) is 21.2 Å². The van der Waals surface area contributed by atoms with Crippen LogP contribution in [0.25, 0.3) is 0 Å². The Morgan fingerprint density at radius 2 is 2.22 bits per heavy atom. The Labute approximate surface area is 113 Å². The molecule has 6 heteroatoms. The zero-order chi connectivity index (χ0) is 13.0. The highest BCUT2D eigenvalue weighted by atomic mass is 79.9. The molecule has 0 saturated carbocycles. The quantitative estimate of drug-likeness (QED) is 0.894. The number of hydrogen-bond acceptors (Lipinski definition) is 3. The van der Waals surface area contributed by atoms with Gasteiger partial charge in [0.25, 0.3) is 0 Å². The molecular formula is C12H13BrN2O3. The van der Waals surface area contributed by atoms with Gasteiger partial charge in [-0.3, -0.25) is 9.59 Å². The van der Waals surface area contributed by atoms with Crippen molar-refractivity contribution in [2.24, 2.45) is 0 Å². The summed E-state index contributed by atoms with van der Waals surface area (Å²) in [5.74, 6) is 0.530. The van der Waals surface area contributed by atoms with E-state index in [0.29, 0.717) is 13.2 Å². The molecule has 1 saturated heterocycles. The van der Waals surface area contributed by atoms with Crippen molar-refractivity contribution < 1.29 is 14.3 Å². The van der Waals surface area contributed by atoms with E-state index in [0.717, 1.165) is 10.2 Å². The van der Waals surface area contributed by atoms with E-state index < -0.39 is 0 Å². The molecule has 1 aromatic carbocycles. The van der Waals surface area contributed by atoms with Crippen molar-refractivity contribution in [3.63, 3.8) is 0 Å². The molecule has 1 aromatic rings. The van der Waals surface area contributed by atoms with Gasteiger partial charge in [-0.1, -0.05) is 22.0 Å². The Morgan fingerprint density at radius 3 is 3.00 bits per heavy atom. The van der Waals surface area contributed by atoms with Gasteiger partial charge in [-0.2, -0.15) is 0 Å². The second kappa shape index (κ2) is 5.86. The standard InChI is InChI=1S/C12H13BrN2O3/c13-9-2-1-3-10(6-9)18-5-4-15-8-11(16)14-7-12(15)17/h1-3,6H,4-5,7-8H2,(H,14,16). The third-order valence-electron chi connectivity index (χ3n) is 2.55. The van der Waals surface area contributed by atoms with Gasteiger partial charge in [-0.05, 0) is 18.2 Å². The Balaban J connectivity index is 1.81. The number of carbonyl (C=O) groups is 2. The Kier molecular flexibility index (Phi) is 4.19.